The highest BCUT2D eigenvalue weighted by Crippen LogP contribution is 2.51. The van der Waals surface area contributed by atoms with Gasteiger partial charge in [0.2, 0.25) is 0 Å². The minimum atomic E-state index is -5.03. The first-order valence-electron chi connectivity index (χ1n) is 31.1. The Labute approximate surface area is 554 Å². The number of fused-ring (bicyclic) bond motifs is 12. The van der Waals surface area contributed by atoms with E-state index in [0.717, 1.165) is 112 Å². The van der Waals surface area contributed by atoms with Crippen LogP contribution in [0.15, 0.2) is 231 Å². The molecule has 0 saturated heterocycles. The van der Waals surface area contributed by atoms with Crippen LogP contribution >= 0.6 is 0 Å². The van der Waals surface area contributed by atoms with Crippen LogP contribution in [0.4, 0.5) is 50.9 Å². The van der Waals surface area contributed by atoms with E-state index in [4.69, 9.17) is 13.1 Å². The molecule has 0 bridgehead atoms. The number of hydrogen-bond acceptors (Lipinski definition) is 1. The molecule has 0 radical (unpaired) electrons. The lowest BCUT2D eigenvalue weighted by Crippen LogP contribution is -2.15. The number of nitriles is 1. The van der Waals surface area contributed by atoms with Crippen LogP contribution in [0.1, 0.15) is 44.5 Å². The molecule has 0 aliphatic rings. The third-order valence-electron chi connectivity index (χ3n) is 18.4. The lowest BCUT2D eigenvalue weighted by Gasteiger charge is -2.24. The van der Waals surface area contributed by atoms with E-state index in [1.165, 1.54) is 30.3 Å². The van der Waals surface area contributed by atoms with Crippen LogP contribution in [0.5, 0.6) is 0 Å². The fourth-order valence-corrected chi connectivity index (χ4v) is 14.3. The monoisotopic (exact) mass is 1300 g/mol. The first-order valence-corrected chi connectivity index (χ1v) is 31.1. The Kier molecular flexibility index (Phi) is 14.5. The molecule has 98 heavy (non-hydrogen) atoms. The van der Waals surface area contributed by atoms with Gasteiger partial charge in [-0.3, -0.25) is 0 Å². The molecule has 16 aromatic rings. The zero-order valence-corrected chi connectivity index (χ0v) is 52.5. The van der Waals surface area contributed by atoms with Gasteiger partial charge >= 0.3 is 18.5 Å². The Balaban J connectivity index is 0.000000160. The third-order valence-corrected chi connectivity index (χ3v) is 18.4. The standard InChI is InChI=1S/C41H25F6N3.C41H25F3N4/c1-23-15-17-28-26-9-4-6-13-33(26)49(35(28)19-23)37-22-25(38-30(40(42,43)44)11-8-12-32(38)48-3)21-31(41(45,46)47)39(37)50-34-14-7-5-10-27(34)29-18-16-24(2)20-36(29)50;1-24-15-17-30-28-9-4-6-13-34(28)47(36(30)19-24)38-22-26(39-32(41(42,43)44)11-8-12-33(39)46-3)21-27(23-45)40(38)48-35-14-7-5-10-29(35)31-18-16-25(2)20-37(31)48/h4-22H,1-2H3;4-22H,1-2H3. The smallest absolute Gasteiger partial charge is 0.307 e. The number of nitrogens with zero attached hydrogens (tertiary/aromatic N) is 7. The van der Waals surface area contributed by atoms with Crippen molar-refractivity contribution in [2.24, 2.45) is 0 Å². The number of alkyl halides is 9. The summed E-state index contributed by atoms with van der Waals surface area (Å²) >= 11 is 0. The Hall–Kier alpha value is -12.3. The molecule has 0 aliphatic heterocycles. The summed E-state index contributed by atoms with van der Waals surface area (Å²) in [6.07, 6.45) is -14.7. The molecule has 0 atom stereocenters. The summed E-state index contributed by atoms with van der Waals surface area (Å²) < 4.78 is 142. The molecule has 0 aliphatic carbocycles. The van der Waals surface area contributed by atoms with E-state index >= 15 is 13.2 Å². The van der Waals surface area contributed by atoms with Crippen molar-refractivity contribution >= 4 is 98.6 Å². The van der Waals surface area contributed by atoms with Crippen LogP contribution in [0, 0.1) is 52.2 Å². The first-order chi connectivity index (χ1) is 47.1. The van der Waals surface area contributed by atoms with Crippen molar-refractivity contribution in [3.05, 3.63) is 298 Å². The second-order valence-electron chi connectivity index (χ2n) is 24.5. The van der Waals surface area contributed by atoms with Gasteiger partial charge in [-0.2, -0.15) is 44.8 Å². The predicted molar refractivity (Wildman–Crippen MR) is 372 cm³/mol. The SMILES string of the molecule is [C-]#[N+]c1cccc(C(F)(F)F)c1-c1cc(-n2c3ccccc3c3ccc(C)cc32)c(-n2c3ccccc3c3ccc(C)cc32)c(C(F)(F)F)c1.[C-]#[N+]c1cccc(C(F)(F)F)c1-c1cc(C#N)c(-n2c3ccccc3c3ccc(C)cc32)c(-n2c3ccccc3c3ccc(C)cc32)c1. The van der Waals surface area contributed by atoms with Crippen molar-refractivity contribution in [2.75, 3.05) is 0 Å². The lowest BCUT2D eigenvalue weighted by molar-refractivity contribution is -0.138. The summed E-state index contributed by atoms with van der Waals surface area (Å²) in [5, 5.41) is 17.8. The molecule has 0 amide bonds. The molecule has 0 saturated carbocycles. The normalized spacial score (nSPS) is 12.1. The maximum absolute atomic E-state index is 15.7. The van der Waals surface area contributed by atoms with Gasteiger partial charge in [-0.1, -0.05) is 158 Å². The maximum atomic E-state index is 15.7. The summed E-state index contributed by atoms with van der Waals surface area (Å²) in [5.74, 6) is 0. The quantitative estimate of drug-likeness (QED) is 0.121. The zero-order valence-electron chi connectivity index (χ0n) is 52.5. The minimum Gasteiger partial charge on any atom is -0.307 e. The van der Waals surface area contributed by atoms with Crippen LogP contribution in [0.3, 0.4) is 0 Å². The van der Waals surface area contributed by atoms with Crippen LogP contribution < -0.4 is 0 Å². The van der Waals surface area contributed by atoms with Gasteiger partial charge in [0.05, 0.1) is 102 Å². The molecule has 7 nitrogen and oxygen atoms in total. The van der Waals surface area contributed by atoms with Gasteiger partial charge in [-0.05, 0) is 145 Å². The molecule has 0 fully saturated rings. The summed E-state index contributed by atoms with van der Waals surface area (Å²) in [6, 6.07) is 68.2. The fourth-order valence-electron chi connectivity index (χ4n) is 14.3. The molecule has 4 heterocycles. The average Bonchev–Trinajstić information content (AvgIpc) is 1.51. The van der Waals surface area contributed by atoms with Crippen LogP contribution in [-0.4, -0.2) is 18.3 Å². The van der Waals surface area contributed by atoms with Gasteiger partial charge in [-0.15, -0.1) is 0 Å². The van der Waals surface area contributed by atoms with Gasteiger partial charge in [0.15, 0.2) is 11.4 Å². The van der Waals surface area contributed by atoms with Gasteiger partial charge in [-0.25, -0.2) is 9.69 Å². The van der Waals surface area contributed by atoms with Crippen molar-refractivity contribution in [2.45, 2.75) is 46.2 Å². The molecule has 0 N–H and O–H groups in total. The van der Waals surface area contributed by atoms with Crippen molar-refractivity contribution in [1.82, 2.24) is 18.3 Å². The number of aryl methyl sites for hydroxylation is 4. The molecule has 12 aromatic carbocycles. The molecule has 476 valence electrons. The summed E-state index contributed by atoms with van der Waals surface area (Å²) in [4.78, 5) is 6.84. The van der Waals surface area contributed by atoms with Gasteiger partial charge < -0.3 is 18.3 Å². The fraction of sp³-hybridized carbons (Fsp3) is 0.0854. The highest BCUT2D eigenvalue weighted by atomic mass is 19.4. The van der Waals surface area contributed by atoms with E-state index in [1.54, 1.807) is 39.5 Å². The van der Waals surface area contributed by atoms with Crippen LogP contribution in [0.2, 0.25) is 0 Å². The molecule has 16 heteroatoms. The summed E-state index contributed by atoms with van der Waals surface area (Å²) in [5.41, 5.74) is 5.43. The van der Waals surface area contributed by atoms with Crippen molar-refractivity contribution in [3.8, 4) is 51.1 Å². The molecular weight excluding hydrogens is 1250 g/mol. The minimum absolute atomic E-state index is 0.0173. The van der Waals surface area contributed by atoms with E-state index < -0.39 is 46.5 Å². The summed E-state index contributed by atoms with van der Waals surface area (Å²) in [6.45, 7) is 23.3. The zero-order chi connectivity index (χ0) is 68.4. The Bertz CT molecular complexity index is 6190. The van der Waals surface area contributed by atoms with E-state index in [0.29, 0.717) is 33.4 Å². The van der Waals surface area contributed by atoms with Crippen LogP contribution in [-0.2, 0) is 18.5 Å². The van der Waals surface area contributed by atoms with Gasteiger partial charge in [0, 0.05) is 43.1 Å². The second kappa shape index (κ2) is 23.0. The maximum Gasteiger partial charge on any atom is 0.418 e. The Morgan fingerprint density at radius 1 is 0.316 bits per heavy atom. The average molecular weight is 1300 g/mol. The van der Waals surface area contributed by atoms with Crippen molar-refractivity contribution < 1.29 is 39.5 Å². The van der Waals surface area contributed by atoms with Gasteiger partial charge in [0.25, 0.3) is 0 Å². The number of hydrogen-bond donors (Lipinski definition) is 0. The topological polar surface area (TPSA) is 52.2 Å². The Morgan fingerprint density at radius 3 is 0.969 bits per heavy atom. The highest BCUT2D eigenvalue weighted by Gasteiger charge is 2.41. The molecule has 16 rings (SSSR count). The first kappa shape index (κ1) is 61.8. The van der Waals surface area contributed by atoms with Crippen molar-refractivity contribution in [3.63, 3.8) is 0 Å². The molecule has 0 unspecified atom stereocenters. The molecule has 4 aromatic heterocycles. The summed E-state index contributed by atoms with van der Waals surface area (Å²) in [7, 11) is 0. The predicted octanol–water partition coefficient (Wildman–Crippen LogP) is 24.4. The molecular formula is C82H50F9N7. The van der Waals surface area contributed by atoms with E-state index in [-0.39, 0.29) is 39.3 Å². The molecule has 0 spiro atoms. The second-order valence-corrected chi connectivity index (χ2v) is 24.5. The highest BCUT2D eigenvalue weighted by molar-refractivity contribution is 6.14. The number of aromatic nitrogens is 4. The largest absolute Gasteiger partial charge is 0.418 e. The van der Waals surface area contributed by atoms with E-state index in [9.17, 15) is 31.6 Å². The van der Waals surface area contributed by atoms with Gasteiger partial charge in [0.1, 0.15) is 6.07 Å². The van der Waals surface area contributed by atoms with E-state index in [2.05, 4.69) is 44.6 Å². The lowest BCUT2D eigenvalue weighted by atomic mass is 9.93. The van der Waals surface area contributed by atoms with E-state index in [1.807, 2.05) is 154 Å². The number of rotatable bonds is 6. The number of para-hydroxylation sites is 4. The number of benzene rings is 12. The Morgan fingerprint density at radius 2 is 0.622 bits per heavy atom. The number of halogens is 9. The van der Waals surface area contributed by atoms with Crippen molar-refractivity contribution in [1.29, 1.82) is 5.26 Å². The van der Waals surface area contributed by atoms with Crippen LogP contribution in [0.25, 0.3) is 142 Å². The third kappa shape index (κ3) is 9.96.